The van der Waals surface area contributed by atoms with Gasteiger partial charge in [0.2, 0.25) is 0 Å². The number of benzene rings is 1. The second-order valence-corrected chi connectivity index (χ2v) is 5.12. The van der Waals surface area contributed by atoms with Crippen molar-refractivity contribution >= 4 is 5.97 Å². The second-order valence-electron chi connectivity index (χ2n) is 5.12. The van der Waals surface area contributed by atoms with Crippen LogP contribution < -0.4 is 10.5 Å². The summed E-state index contributed by atoms with van der Waals surface area (Å²) in [6, 6.07) is 9.63. The Balaban J connectivity index is 2.12. The van der Waals surface area contributed by atoms with E-state index in [4.69, 9.17) is 15.2 Å². The third kappa shape index (κ3) is 5.71. The third-order valence-corrected chi connectivity index (χ3v) is 3.25. The van der Waals surface area contributed by atoms with E-state index in [1.54, 1.807) is 19.3 Å². The average Bonchev–Trinajstić information content (AvgIpc) is 2.54. The Morgan fingerprint density at radius 1 is 1.17 bits per heavy atom. The van der Waals surface area contributed by atoms with Gasteiger partial charge >= 0.3 is 5.97 Å². The highest BCUT2D eigenvalue weighted by Crippen LogP contribution is 2.24. The molecule has 1 aromatic carbocycles. The van der Waals surface area contributed by atoms with Crippen molar-refractivity contribution < 1.29 is 14.3 Å². The van der Waals surface area contributed by atoms with Crippen LogP contribution in [0.4, 0.5) is 0 Å². The standard InChI is InChI=1S/C18H22N2O3/c1-2-22-18(21)6-5-14-10-15(7-8-19)12-17(11-14)23-16-4-3-9-20-13-16/h3-4,9-13H,2,5-8,19H2,1H3. The molecule has 0 aliphatic rings. The lowest BCUT2D eigenvalue weighted by Gasteiger charge is -2.11. The number of pyridine rings is 1. The minimum absolute atomic E-state index is 0.188. The number of aromatic nitrogens is 1. The molecule has 0 aliphatic heterocycles. The summed E-state index contributed by atoms with van der Waals surface area (Å²) in [5, 5.41) is 0. The van der Waals surface area contributed by atoms with Crippen LogP contribution in [0, 0.1) is 0 Å². The van der Waals surface area contributed by atoms with Crippen LogP contribution in [0.5, 0.6) is 11.5 Å². The van der Waals surface area contributed by atoms with E-state index in [1.807, 2.05) is 24.3 Å². The van der Waals surface area contributed by atoms with Gasteiger partial charge in [0.1, 0.15) is 11.5 Å². The molecule has 0 bridgehead atoms. The zero-order valence-electron chi connectivity index (χ0n) is 13.3. The van der Waals surface area contributed by atoms with Crippen molar-refractivity contribution in [3.8, 4) is 11.5 Å². The monoisotopic (exact) mass is 314 g/mol. The van der Waals surface area contributed by atoms with Crippen molar-refractivity contribution in [3.05, 3.63) is 53.9 Å². The number of ether oxygens (including phenoxy) is 2. The lowest BCUT2D eigenvalue weighted by Crippen LogP contribution is -2.06. The molecule has 0 spiro atoms. The van der Waals surface area contributed by atoms with Crippen LogP contribution in [-0.2, 0) is 22.4 Å². The van der Waals surface area contributed by atoms with Crippen molar-refractivity contribution in [2.75, 3.05) is 13.2 Å². The molecule has 0 atom stereocenters. The molecule has 0 amide bonds. The molecule has 0 aliphatic carbocycles. The molecule has 1 heterocycles. The minimum Gasteiger partial charge on any atom is -0.466 e. The van der Waals surface area contributed by atoms with E-state index in [9.17, 15) is 4.79 Å². The van der Waals surface area contributed by atoms with Gasteiger partial charge in [-0.05, 0) is 61.7 Å². The fourth-order valence-electron chi connectivity index (χ4n) is 2.27. The van der Waals surface area contributed by atoms with Gasteiger partial charge in [0.25, 0.3) is 0 Å². The maximum atomic E-state index is 11.5. The van der Waals surface area contributed by atoms with Crippen molar-refractivity contribution in [1.29, 1.82) is 0 Å². The van der Waals surface area contributed by atoms with Crippen molar-refractivity contribution in [2.45, 2.75) is 26.2 Å². The normalized spacial score (nSPS) is 10.3. The molecule has 0 saturated carbocycles. The van der Waals surface area contributed by atoms with Gasteiger partial charge in [-0.25, -0.2) is 0 Å². The van der Waals surface area contributed by atoms with Gasteiger partial charge < -0.3 is 15.2 Å². The van der Waals surface area contributed by atoms with Crippen LogP contribution in [-0.4, -0.2) is 24.1 Å². The van der Waals surface area contributed by atoms with Gasteiger partial charge in [0, 0.05) is 12.6 Å². The third-order valence-electron chi connectivity index (χ3n) is 3.25. The van der Waals surface area contributed by atoms with Gasteiger partial charge in [-0.3, -0.25) is 9.78 Å². The number of esters is 1. The van der Waals surface area contributed by atoms with Crippen molar-refractivity contribution in [3.63, 3.8) is 0 Å². The van der Waals surface area contributed by atoms with Crippen LogP contribution in [0.2, 0.25) is 0 Å². The molecule has 2 N–H and O–H groups in total. The summed E-state index contributed by atoms with van der Waals surface area (Å²) in [6.45, 7) is 2.77. The minimum atomic E-state index is -0.188. The Labute approximate surface area is 136 Å². The molecular formula is C18H22N2O3. The predicted octanol–water partition coefficient (Wildman–Crippen LogP) is 2.87. The largest absolute Gasteiger partial charge is 0.466 e. The molecule has 0 radical (unpaired) electrons. The number of rotatable bonds is 8. The number of carbonyl (C=O) groups excluding carboxylic acids is 1. The first-order valence-corrected chi connectivity index (χ1v) is 7.77. The fraction of sp³-hybridized carbons (Fsp3) is 0.333. The summed E-state index contributed by atoms with van der Waals surface area (Å²) in [6.07, 6.45) is 5.08. The summed E-state index contributed by atoms with van der Waals surface area (Å²) >= 11 is 0. The van der Waals surface area contributed by atoms with Gasteiger partial charge in [-0.15, -0.1) is 0 Å². The molecule has 2 aromatic rings. The van der Waals surface area contributed by atoms with E-state index >= 15 is 0 Å². The molecule has 1 aromatic heterocycles. The van der Waals surface area contributed by atoms with Crippen LogP contribution in [0.15, 0.2) is 42.7 Å². The SMILES string of the molecule is CCOC(=O)CCc1cc(CCN)cc(Oc2cccnc2)c1. The Morgan fingerprint density at radius 2 is 1.96 bits per heavy atom. The predicted molar refractivity (Wildman–Crippen MR) is 88.5 cm³/mol. The molecule has 2 rings (SSSR count). The molecule has 5 heteroatoms. The molecular weight excluding hydrogens is 292 g/mol. The lowest BCUT2D eigenvalue weighted by atomic mass is 10.0. The molecule has 23 heavy (non-hydrogen) atoms. The second kappa shape index (κ2) is 8.90. The highest BCUT2D eigenvalue weighted by molar-refractivity contribution is 5.69. The maximum Gasteiger partial charge on any atom is 0.306 e. The topological polar surface area (TPSA) is 74.4 Å². The molecule has 5 nitrogen and oxygen atoms in total. The smallest absolute Gasteiger partial charge is 0.306 e. The van der Waals surface area contributed by atoms with Gasteiger partial charge in [0.05, 0.1) is 12.8 Å². The average molecular weight is 314 g/mol. The quantitative estimate of drug-likeness (QED) is 0.758. The Kier molecular flexibility index (Phi) is 6.56. The first-order chi connectivity index (χ1) is 11.2. The molecule has 0 fully saturated rings. The Hall–Kier alpha value is -2.40. The Bertz CT molecular complexity index is 629. The molecule has 122 valence electrons. The summed E-state index contributed by atoms with van der Waals surface area (Å²) in [7, 11) is 0. The zero-order valence-corrected chi connectivity index (χ0v) is 13.3. The first kappa shape index (κ1) is 17.0. The zero-order chi connectivity index (χ0) is 16.5. The number of hydrogen-bond acceptors (Lipinski definition) is 5. The number of hydrogen-bond donors (Lipinski definition) is 1. The number of carbonyl (C=O) groups is 1. The van der Waals surface area contributed by atoms with Crippen LogP contribution in [0.1, 0.15) is 24.5 Å². The maximum absolute atomic E-state index is 11.5. The summed E-state index contributed by atoms with van der Waals surface area (Å²) in [5.41, 5.74) is 7.77. The highest BCUT2D eigenvalue weighted by Gasteiger charge is 2.07. The van der Waals surface area contributed by atoms with E-state index < -0.39 is 0 Å². The Morgan fingerprint density at radius 3 is 2.61 bits per heavy atom. The van der Waals surface area contributed by atoms with E-state index in [-0.39, 0.29) is 5.97 Å². The van der Waals surface area contributed by atoms with Crippen molar-refractivity contribution in [1.82, 2.24) is 4.98 Å². The molecule has 0 saturated heterocycles. The van der Waals surface area contributed by atoms with E-state index in [1.165, 1.54) is 0 Å². The van der Waals surface area contributed by atoms with E-state index in [2.05, 4.69) is 11.1 Å². The van der Waals surface area contributed by atoms with Crippen molar-refractivity contribution in [2.24, 2.45) is 5.73 Å². The van der Waals surface area contributed by atoms with Gasteiger partial charge in [0.15, 0.2) is 0 Å². The van der Waals surface area contributed by atoms with Crippen LogP contribution in [0.3, 0.4) is 0 Å². The first-order valence-electron chi connectivity index (χ1n) is 7.77. The lowest BCUT2D eigenvalue weighted by molar-refractivity contribution is -0.143. The number of aryl methyl sites for hydroxylation is 1. The number of nitrogens with two attached hydrogens (primary N) is 1. The van der Waals surface area contributed by atoms with E-state index in [0.29, 0.717) is 31.7 Å². The van der Waals surface area contributed by atoms with Gasteiger partial charge in [-0.1, -0.05) is 6.07 Å². The van der Waals surface area contributed by atoms with Gasteiger partial charge in [-0.2, -0.15) is 0 Å². The number of nitrogens with zero attached hydrogens (tertiary/aromatic N) is 1. The summed E-state index contributed by atoms with van der Waals surface area (Å²) < 4.78 is 10.8. The fourth-order valence-corrected chi connectivity index (χ4v) is 2.27. The summed E-state index contributed by atoms with van der Waals surface area (Å²) in [4.78, 5) is 15.6. The molecule has 0 unspecified atom stereocenters. The van der Waals surface area contributed by atoms with E-state index in [0.717, 1.165) is 23.3 Å². The summed E-state index contributed by atoms with van der Waals surface area (Å²) in [5.74, 6) is 1.21. The van der Waals surface area contributed by atoms with Crippen LogP contribution in [0.25, 0.3) is 0 Å². The highest BCUT2D eigenvalue weighted by atomic mass is 16.5. The van der Waals surface area contributed by atoms with Crippen LogP contribution >= 0.6 is 0 Å².